The van der Waals surface area contributed by atoms with Gasteiger partial charge in [-0.3, -0.25) is 0 Å². The van der Waals surface area contributed by atoms with E-state index < -0.39 is 0 Å². The average molecular weight is 224 g/mol. The minimum absolute atomic E-state index is 0.313. The molecule has 0 radical (unpaired) electrons. The molecule has 5 nitrogen and oxygen atoms in total. The number of aromatic nitrogens is 3. The Morgan fingerprint density at radius 2 is 2.38 bits per heavy atom. The van der Waals surface area contributed by atoms with Crippen LogP contribution in [0.2, 0.25) is 0 Å². The Balaban J connectivity index is 2.11. The minimum Gasteiger partial charge on any atom is -0.384 e. The zero-order chi connectivity index (χ0) is 11.5. The Hall–Kier alpha value is -0.940. The molecule has 0 bridgehead atoms. The molecule has 2 atom stereocenters. The predicted octanol–water partition coefficient (Wildman–Crippen LogP) is 0.767. The van der Waals surface area contributed by atoms with Crippen LogP contribution in [0.1, 0.15) is 31.5 Å². The second-order valence-electron chi connectivity index (χ2n) is 4.57. The van der Waals surface area contributed by atoms with Gasteiger partial charge in [-0.15, -0.1) is 10.2 Å². The van der Waals surface area contributed by atoms with Crippen molar-refractivity contribution >= 4 is 0 Å². The molecule has 0 saturated heterocycles. The molecule has 0 spiro atoms. The molecule has 0 amide bonds. The highest BCUT2D eigenvalue weighted by Crippen LogP contribution is 2.17. The van der Waals surface area contributed by atoms with Crippen molar-refractivity contribution in [1.29, 1.82) is 0 Å². The van der Waals surface area contributed by atoms with Crippen molar-refractivity contribution in [1.82, 2.24) is 20.1 Å². The molecule has 1 aliphatic heterocycles. The molecular weight excluding hydrogens is 204 g/mol. The Morgan fingerprint density at radius 3 is 3.12 bits per heavy atom. The molecule has 0 aliphatic carbocycles. The first kappa shape index (κ1) is 11.5. The molecule has 0 fully saturated rings. The van der Waals surface area contributed by atoms with Crippen LogP contribution in [0, 0.1) is 5.92 Å². The van der Waals surface area contributed by atoms with Gasteiger partial charge >= 0.3 is 0 Å². The molecule has 1 aromatic rings. The maximum Gasteiger partial charge on any atom is 0.149 e. The summed E-state index contributed by atoms with van der Waals surface area (Å²) in [6.45, 7) is 7.05. The SMILES string of the molecule is COCC(C)Cc1nnc2n1CCNC2C. The van der Waals surface area contributed by atoms with Gasteiger partial charge in [-0.05, 0) is 12.8 Å². The first-order valence-electron chi connectivity index (χ1n) is 5.86. The topological polar surface area (TPSA) is 52.0 Å². The van der Waals surface area contributed by atoms with Crippen LogP contribution < -0.4 is 5.32 Å². The summed E-state index contributed by atoms with van der Waals surface area (Å²) in [5.41, 5.74) is 0. The van der Waals surface area contributed by atoms with E-state index in [4.69, 9.17) is 4.74 Å². The van der Waals surface area contributed by atoms with Crippen molar-refractivity contribution in [2.45, 2.75) is 32.9 Å². The number of hydrogen-bond acceptors (Lipinski definition) is 4. The fourth-order valence-electron chi connectivity index (χ4n) is 2.20. The van der Waals surface area contributed by atoms with Gasteiger partial charge in [-0.25, -0.2) is 0 Å². The Labute approximate surface area is 96.2 Å². The summed E-state index contributed by atoms with van der Waals surface area (Å²) in [7, 11) is 1.74. The molecule has 0 saturated carbocycles. The highest BCUT2D eigenvalue weighted by molar-refractivity contribution is 5.03. The minimum atomic E-state index is 0.313. The lowest BCUT2D eigenvalue weighted by molar-refractivity contribution is 0.158. The third-order valence-corrected chi connectivity index (χ3v) is 3.01. The van der Waals surface area contributed by atoms with Gasteiger partial charge in [-0.1, -0.05) is 6.92 Å². The van der Waals surface area contributed by atoms with Crippen LogP contribution in [-0.2, 0) is 17.7 Å². The van der Waals surface area contributed by atoms with E-state index >= 15 is 0 Å². The number of ether oxygens (including phenoxy) is 1. The first-order valence-corrected chi connectivity index (χ1v) is 5.86. The summed E-state index contributed by atoms with van der Waals surface area (Å²) >= 11 is 0. The van der Waals surface area contributed by atoms with Crippen molar-refractivity contribution in [2.24, 2.45) is 5.92 Å². The van der Waals surface area contributed by atoms with E-state index in [9.17, 15) is 0 Å². The molecule has 5 heteroatoms. The zero-order valence-corrected chi connectivity index (χ0v) is 10.2. The van der Waals surface area contributed by atoms with Gasteiger partial charge in [0.15, 0.2) is 0 Å². The molecule has 1 aliphatic rings. The lowest BCUT2D eigenvalue weighted by Crippen LogP contribution is -2.32. The summed E-state index contributed by atoms with van der Waals surface area (Å²) in [6.07, 6.45) is 0.938. The zero-order valence-electron chi connectivity index (χ0n) is 10.2. The monoisotopic (exact) mass is 224 g/mol. The van der Waals surface area contributed by atoms with E-state index in [2.05, 4.69) is 33.9 Å². The predicted molar refractivity (Wildman–Crippen MR) is 61.2 cm³/mol. The molecule has 2 unspecified atom stereocenters. The maximum absolute atomic E-state index is 5.15. The van der Waals surface area contributed by atoms with Crippen LogP contribution in [0.4, 0.5) is 0 Å². The standard InChI is InChI=1S/C11H20N4O/c1-8(7-16-3)6-10-13-14-11-9(2)12-4-5-15(10)11/h8-9,12H,4-7H2,1-3H3. The van der Waals surface area contributed by atoms with Gasteiger partial charge in [0, 0.05) is 33.2 Å². The number of rotatable bonds is 4. The average Bonchev–Trinajstić information content (AvgIpc) is 2.64. The van der Waals surface area contributed by atoms with E-state index in [1.54, 1.807) is 7.11 Å². The van der Waals surface area contributed by atoms with Gasteiger partial charge in [-0.2, -0.15) is 0 Å². The number of nitrogens with one attached hydrogen (secondary N) is 1. The second kappa shape index (κ2) is 4.93. The van der Waals surface area contributed by atoms with Crippen LogP contribution in [0.3, 0.4) is 0 Å². The summed E-state index contributed by atoms with van der Waals surface area (Å²) in [5.74, 6) is 2.64. The van der Waals surface area contributed by atoms with Crippen LogP contribution in [0.25, 0.3) is 0 Å². The van der Waals surface area contributed by atoms with E-state index in [-0.39, 0.29) is 0 Å². The van der Waals surface area contributed by atoms with Crippen molar-refractivity contribution in [2.75, 3.05) is 20.3 Å². The lowest BCUT2D eigenvalue weighted by Gasteiger charge is -2.22. The van der Waals surface area contributed by atoms with Crippen molar-refractivity contribution in [3.63, 3.8) is 0 Å². The quantitative estimate of drug-likeness (QED) is 0.820. The molecule has 16 heavy (non-hydrogen) atoms. The van der Waals surface area contributed by atoms with E-state index in [0.29, 0.717) is 12.0 Å². The third kappa shape index (κ3) is 2.25. The third-order valence-electron chi connectivity index (χ3n) is 3.01. The second-order valence-corrected chi connectivity index (χ2v) is 4.57. The van der Waals surface area contributed by atoms with Crippen LogP contribution in [0.15, 0.2) is 0 Å². The van der Waals surface area contributed by atoms with Crippen LogP contribution in [-0.4, -0.2) is 35.0 Å². The number of fused-ring (bicyclic) bond motifs is 1. The smallest absolute Gasteiger partial charge is 0.149 e. The summed E-state index contributed by atoms with van der Waals surface area (Å²) < 4.78 is 7.39. The molecule has 1 aromatic heterocycles. The van der Waals surface area contributed by atoms with E-state index in [0.717, 1.165) is 37.8 Å². The summed E-state index contributed by atoms with van der Waals surface area (Å²) in [6, 6.07) is 0.313. The van der Waals surface area contributed by atoms with Crippen molar-refractivity contribution in [3.05, 3.63) is 11.6 Å². The molecule has 90 valence electrons. The highest BCUT2D eigenvalue weighted by Gasteiger charge is 2.21. The Morgan fingerprint density at radius 1 is 1.56 bits per heavy atom. The molecule has 2 heterocycles. The Kier molecular flexibility index (Phi) is 3.56. The van der Waals surface area contributed by atoms with Crippen molar-refractivity contribution in [3.8, 4) is 0 Å². The van der Waals surface area contributed by atoms with Gasteiger partial charge in [0.05, 0.1) is 6.04 Å². The number of hydrogen-bond donors (Lipinski definition) is 1. The fraction of sp³-hybridized carbons (Fsp3) is 0.818. The highest BCUT2D eigenvalue weighted by atomic mass is 16.5. The molecule has 0 aromatic carbocycles. The van der Waals surface area contributed by atoms with E-state index in [1.807, 2.05) is 0 Å². The molecule has 1 N–H and O–H groups in total. The molecule has 2 rings (SSSR count). The van der Waals surface area contributed by atoms with Gasteiger partial charge < -0.3 is 14.6 Å². The van der Waals surface area contributed by atoms with Crippen LogP contribution >= 0.6 is 0 Å². The van der Waals surface area contributed by atoms with Gasteiger partial charge in [0.2, 0.25) is 0 Å². The number of nitrogens with zero attached hydrogens (tertiary/aromatic N) is 3. The van der Waals surface area contributed by atoms with E-state index in [1.165, 1.54) is 0 Å². The summed E-state index contributed by atoms with van der Waals surface area (Å²) in [5, 5.41) is 11.9. The van der Waals surface area contributed by atoms with Gasteiger partial charge in [0.25, 0.3) is 0 Å². The summed E-state index contributed by atoms with van der Waals surface area (Å²) in [4.78, 5) is 0. The van der Waals surface area contributed by atoms with Crippen LogP contribution in [0.5, 0.6) is 0 Å². The van der Waals surface area contributed by atoms with Gasteiger partial charge in [0.1, 0.15) is 11.6 Å². The van der Waals surface area contributed by atoms with Crippen molar-refractivity contribution < 1.29 is 4.74 Å². The number of methoxy groups -OCH3 is 1. The lowest BCUT2D eigenvalue weighted by atomic mass is 10.1. The normalized spacial score (nSPS) is 21.8. The maximum atomic E-state index is 5.15. The first-order chi connectivity index (χ1) is 7.72. The largest absolute Gasteiger partial charge is 0.384 e. The molecular formula is C11H20N4O. The Bertz CT molecular complexity index is 350. The fourth-order valence-corrected chi connectivity index (χ4v) is 2.20.